The third-order valence-corrected chi connectivity index (χ3v) is 4.21. The van der Waals surface area contributed by atoms with Crippen LogP contribution in [0.1, 0.15) is 30.8 Å². The molecule has 2 heterocycles. The Hall–Kier alpha value is -1.97. The second-order valence-corrected chi connectivity index (χ2v) is 5.95. The Kier molecular flexibility index (Phi) is 3.16. The van der Waals surface area contributed by atoms with Crippen LogP contribution >= 0.6 is 0 Å². The van der Waals surface area contributed by atoms with Crippen molar-refractivity contribution < 1.29 is 9.21 Å². The number of furan rings is 1. The van der Waals surface area contributed by atoms with Crippen molar-refractivity contribution in [3.8, 4) is 0 Å². The Bertz CT molecular complexity index is 645. The number of carbonyl (C=O) groups excluding carboxylic acids is 1. The van der Waals surface area contributed by atoms with E-state index in [-0.39, 0.29) is 5.91 Å². The molecular formula is C16H20N2O2. The summed E-state index contributed by atoms with van der Waals surface area (Å²) < 4.78 is 5.65. The van der Waals surface area contributed by atoms with Gasteiger partial charge in [-0.25, -0.2) is 0 Å². The quantitative estimate of drug-likeness (QED) is 0.854. The zero-order chi connectivity index (χ0) is 14.3. The Labute approximate surface area is 118 Å². The Balaban J connectivity index is 1.82. The minimum absolute atomic E-state index is 0.0112. The zero-order valence-corrected chi connectivity index (χ0v) is 11.9. The van der Waals surface area contributed by atoms with Gasteiger partial charge < -0.3 is 15.1 Å². The zero-order valence-electron chi connectivity index (χ0n) is 11.9. The smallest absolute Gasteiger partial charge is 0.289 e. The van der Waals surface area contributed by atoms with E-state index in [2.05, 4.69) is 13.8 Å². The van der Waals surface area contributed by atoms with Gasteiger partial charge in [-0.3, -0.25) is 4.79 Å². The summed E-state index contributed by atoms with van der Waals surface area (Å²) in [6, 6.07) is 7.21. The molecule has 1 aromatic carbocycles. The van der Waals surface area contributed by atoms with E-state index < -0.39 is 0 Å². The summed E-state index contributed by atoms with van der Waals surface area (Å²) in [7, 11) is 0. The molecule has 1 saturated heterocycles. The van der Waals surface area contributed by atoms with Crippen LogP contribution in [0.15, 0.2) is 28.7 Å². The van der Waals surface area contributed by atoms with Crippen LogP contribution in [-0.4, -0.2) is 23.9 Å². The Morgan fingerprint density at radius 3 is 2.90 bits per heavy atom. The normalized spacial score (nSPS) is 19.1. The second-order valence-electron chi connectivity index (χ2n) is 5.95. The number of nitrogen functional groups attached to an aromatic ring is 1. The number of amides is 1. The SMILES string of the molecule is CC(C)C1CCN(C(=O)c2cc3cc(N)ccc3o2)C1. The summed E-state index contributed by atoms with van der Waals surface area (Å²) in [6.45, 7) is 6.07. The van der Waals surface area contributed by atoms with Crippen LogP contribution in [0.3, 0.4) is 0 Å². The monoisotopic (exact) mass is 272 g/mol. The van der Waals surface area contributed by atoms with Gasteiger partial charge in [0, 0.05) is 24.2 Å². The van der Waals surface area contributed by atoms with Crippen LogP contribution < -0.4 is 5.73 Å². The van der Waals surface area contributed by atoms with Crippen LogP contribution in [0, 0.1) is 11.8 Å². The van der Waals surface area contributed by atoms with Crippen molar-refractivity contribution in [2.45, 2.75) is 20.3 Å². The minimum atomic E-state index is -0.0112. The first-order chi connectivity index (χ1) is 9.54. The van der Waals surface area contributed by atoms with Crippen molar-refractivity contribution in [1.29, 1.82) is 0 Å². The minimum Gasteiger partial charge on any atom is -0.451 e. The molecule has 2 N–H and O–H groups in total. The van der Waals surface area contributed by atoms with Crippen LogP contribution in [0.5, 0.6) is 0 Å². The summed E-state index contributed by atoms with van der Waals surface area (Å²) in [4.78, 5) is 14.4. The van der Waals surface area contributed by atoms with E-state index in [1.165, 1.54) is 0 Å². The first-order valence-corrected chi connectivity index (χ1v) is 7.13. The Morgan fingerprint density at radius 1 is 1.40 bits per heavy atom. The molecule has 0 saturated carbocycles. The number of carbonyl (C=O) groups is 1. The number of nitrogens with two attached hydrogens (primary N) is 1. The van der Waals surface area contributed by atoms with Gasteiger partial charge in [-0.2, -0.15) is 0 Å². The van der Waals surface area contributed by atoms with E-state index in [0.29, 0.717) is 28.9 Å². The molecule has 20 heavy (non-hydrogen) atoms. The summed E-state index contributed by atoms with van der Waals surface area (Å²) in [6.07, 6.45) is 1.08. The molecule has 1 atom stereocenters. The highest BCUT2D eigenvalue weighted by Gasteiger charge is 2.30. The highest BCUT2D eigenvalue weighted by atomic mass is 16.3. The molecule has 0 spiro atoms. The molecule has 1 unspecified atom stereocenters. The fraction of sp³-hybridized carbons (Fsp3) is 0.438. The molecule has 0 radical (unpaired) electrons. The predicted molar refractivity (Wildman–Crippen MR) is 79.5 cm³/mol. The van der Waals surface area contributed by atoms with Gasteiger partial charge in [0.15, 0.2) is 5.76 Å². The number of rotatable bonds is 2. The molecule has 1 aliphatic heterocycles. The molecule has 0 bridgehead atoms. The maximum atomic E-state index is 12.5. The van der Waals surface area contributed by atoms with Gasteiger partial charge in [-0.05, 0) is 42.5 Å². The molecule has 4 heteroatoms. The molecule has 3 rings (SSSR count). The van der Waals surface area contributed by atoms with Gasteiger partial charge in [0.25, 0.3) is 5.91 Å². The lowest BCUT2D eigenvalue weighted by Gasteiger charge is -2.16. The predicted octanol–water partition coefficient (Wildman–Crippen LogP) is 3.13. The lowest BCUT2D eigenvalue weighted by molar-refractivity contribution is 0.0755. The molecule has 4 nitrogen and oxygen atoms in total. The van der Waals surface area contributed by atoms with Crippen LogP contribution in [-0.2, 0) is 0 Å². The van der Waals surface area contributed by atoms with Crippen molar-refractivity contribution in [2.24, 2.45) is 11.8 Å². The summed E-state index contributed by atoms with van der Waals surface area (Å²) >= 11 is 0. The third-order valence-electron chi connectivity index (χ3n) is 4.21. The topological polar surface area (TPSA) is 59.5 Å². The van der Waals surface area contributed by atoms with Crippen LogP contribution in [0.25, 0.3) is 11.0 Å². The van der Waals surface area contributed by atoms with E-state index in [9.17, 15) is 4.79 Å². The number of benzene rings is 1. The van der Waals surface area contributed by atoms with Gasteiger partial charge in [-0.1, -0.05) is 13.8 Å². The largest absolute Gasteiger partial charge is 0.451 e. The van der Waals surface area contributed by atoms with Crippen molar-refractivity contribution >= 4 is 22.6 Å². The summed E-state index contributed by atoms with van der Waals surface area (Å²) in [5.74, 6) is 1.61. The number of anilines is 1. The summed E-state index contributed by atoms with van der Waals surface area (Å²) in [5.41, 5.74) is 7.14. The maximum Gasteiger partial charge on any atom is 0.289 e. The number of fused-ring (bicyclic) bond motifs is 1. The highest BCUT2D eigenvalue weighted by molar-refractivity contribution is 5.96. The molecule has 1 aromatic heterocycles. The van der Waals surface area contributed by atoms with Crippen molar-refractivity contribution in [2.75, 3.05) is 18.8 Å². The Morgan fingerprint density at radius 2 is 2.20 bits per heavy atom. The fourth-order valence-electron chi connectivity index (χ4n) is 2.84. The number of hydrogen-bond acceptors (Lipinski definition) is 3. The van der Waals surface area contributed by atoms with E-state index in [0.717, 1.165) is 24.9 Å². The molecule has 1 aliphatic rings. The first kappa shape index (κ1) is 13.0. The average molecular weight is 272 g/mol. The number of nitrogens with zero attached hydrogens (tertiary/aromatic N) is 1. The van der Waals surface area contributed by atoms with Gasteiger partial charge in [0.2, 0.25) is 0 Å². The molecule has 106 valence electrons. The maximum absolute atomic E-state index is 12.5. The molecule has 0 aliphatic carbocycles. The van der Waals surface area contributed by atoms with Crippen molar-refractivity contribution in [3.63, 3.8) is 0 Å². The molecule has 1 amide bonds. The van der Waals surface area contributed by atoms with Crippen molar-refractivity contribution in [1.82, 2.24) is 4.90 Å². The second kappa shape index (κ2) is 4.85. The average Bonchev–Trinajstić information content (AvgIpc) is 3.03. The summed E-state index contributed by atoms with van der Waals surface area (Å²) in [5, 5.41) is 0.882. The van der Waals surface area contributed by atoms with Crippen LogP contribution in [0.2, 0.25) is 0 Å². The molecular weight excluding hydrogens is 252 g/mol. The van der Waals surface area contributed by atoms with Gasteiger partial charge in [-0.15, -0.1) is 0 Å². The molecule has 2 aromatic rings. The highest BCUT2D eigenvalue weighted by Crippen LogP contribution is 2.27. The fourth-order valence-corrected chi connectivity index (χ4v) is 2.84. The van der Waals surface area contributed by atoms with Crippen LogP contribution in [0.4, 0.5) is 5.69 Å². The van der Waals surface area contributed by atoms with Crippen molar-refractivity contribution in [3.05, 3.63) is 30.0 Å². The van der Waals surface area contributed by atoms with E-state index >= 15 is 0 Å². The number of likely N-dealkylation sites (tertiary alicyclic amines) is 1. The lowest BCUT2D eigenvalue weighted by Crippen LogP contribution is -2.29. The molecule has 1 fully saturated rings. The standard InChI is InChI=1S/C16H20N2O2/c1-10(2)11-5-6-18(9-11)16(19)15-8-12-7-13(17)3-4-14(12)20-15/h3-4,7-8,10-11H,5-6,9,17H2,1-2H3. The lowest BCUT2D eigenvalue weighted by atomic mass is 9.95. The van der Waals surface area contributed by atoms with Gasteiger partial charge in [0.05, 0.1) is 0 Å². The van der Waals surface area contributed by atoms with E-state index in [1.54, 1.807) is 12.1 Å². The third kappa shape index (κ3) is 2.26. The number of hydrogen-bond donors (Lipinski definition) is 1. The van der Waals surface area contributed by atoms with E-state index in [4.69, 9.17) is 10.2 Å². The first-order valence-electron chi connectivity index (χ1n) is 7.13. The van der Waals surface area contributed by atoms with Gasteiger partial charge in [0.1, 0.15) is 5.58 Å². The van der Waals surface area contributed by atoms with Gasteiger partial charge >= 0.3 is 0 Å². The van der Waals surface area contributed by atoms with E-state index in [1.807, 2.05) is 17.0 Å².